The number of primary amides is 1. The van der Waals surface area contributed by atoms with Gasteiger partial charge >= 0.3 is 0 Å². The molecule has 0 aromatic heterocycles. The Bertz CT molecular complexity index is 703. The largest absolute Gasteiger partial charge is 0.366 e. The molecule has 2 aromatic rings. The van der Waals surface area contributed by atoms with Gasteiger partial charge in [-0.1, -0.05) is 18.2 Å². The lowest BCUT2D eigenvalue weighted by atomic mass is 10.1. The molecule has 2 N–H and O–H groups in total. The molecule has 0 fully saturated rings. The Morgan fingerprint density at radius 3 is 2.45 bits per heavy atom. The summed E-state index contributed by atoms with van der Waals surface area (Å²) in [6, 6.07) is 14.9. The van der Waals surface area contributed by atoms with Crippen LogP contribution in [0.5, 0.6) is 0 Å². The van der Waals surface area contributed by atoms with Crippen molar-refractivity contribution < 1.29 is 9.59 Å². The fourth-order valence-electron chi connectivity index (χ4n) is 2.51. The summed E-state index contributed by atoms with van der Waals surface area (Å²) < 4.78 is 0. The van der Waals surface area contributed by atoms with Crippen molar-refractivity contribution in [2.45, 2.75) is 16.6 Å². The molecule has 2 amide bonds. The van der Waals surface area contributed by atoms with E-state index in [1.54, 1.807) is 48.0 Å². The Hall–Kier alpha value is -2.27. The van der Waals surface area contributed by atoms with E-state index in [1.807, 2.05) is 12.1 Å². The van der Waals surface area contributed by atoms with Gasteiger partial charge in [-0.25, -0.2) is 0 Å². The number of hydrogen-bond acceptors (Lipinski definition) is 3. The van der Waals surface area contributed by atoms with Gasteiger partial charge in [-0.15, -0.1) is 11.8 Å². The molecule has 3 rings (SSSR count). The van der Waals surface area contributed by atoms with Crippen molar-refractivity contribution in [2.75, 3.05) is 11.9 Å². The van der Waals surface area contributed by atoms with Crippen LogP contribution in [0.15, 0.2) is 53.4 Å². The minimum absolute atomic E-state index is 0.0630. The molecular weight excluding hydrogens is 296 g/mol. The van der Waals surface area contributed by atoms with Crippen LogP contribution in [0.25, 0.3) is 0 Å². The van der Waals surface area contributed by atoms with E-state index in [9.17, 15) is 9.59 Å². The van der Waals surface area contributed by atoms with Gasteiger partial charge in [0.05, 0.1) is 5.25 Å². The number of anilines is 1. The first-order valence-electron chi connectivity index (χ1n) is 6.98. The zero-order valence-electron chi connectivity index (χ0n) is 12.2. The van der Waals surface area contributed by atoms with E-state index in [2.05, 4.69) is 12.1 Å². The number of nitrogens with two attached hydrogens (primary N) is 1. The number of hydrogen-bond donors (Lipinski definition) is 1. The first-order chi connectivity index (χ1) is 10.6. The Morgan fingerprint density at radius 1 is 1.14 bits per heavy atom. The third-order valence-corrected chi connectivity index (χ3v) is 5.10. The maximum absolute atomic E-state index is 12.6. The fourth-order valence-corrected chi connectivity index (χ4v) is 3.80. The maximum Gasteiger partial charge on any atom is 0.248 e. The molecule has 2 aromatic carbocycles. The molecule has 1 aliphatic rings. The first kappa shape index (κ1) is 14.7. The summed E-state index contributed by atoms with van der Waals surface area (Å²) in [5.41, 5.74) is 7.64. The van der Waals surface area contributed by atoms with Crippen molar-refractivity contribution >= 4 is 29.3 Å². The molecule has 4 nitrogen and oxygen atoms in total. The van der Waals surface area contributed by atoms with E-state index in [1.165, 1.54) is 10.5 Å². The van der Waals surface area contributed by atoms with E-state index in [-0.39, 0.29) is 11.2 Å². The van der Waals surface area contributed by atoms with Crippen molar-refractivity contribution in [3.63, 3.8) is 0 Å². The molecule has 0 spiro atoms. The van der Waals surface area contributed by atoms with Crippen LogP contribution in [0.2, 0.25) is 0 Å². The monoisotopic (exact) mass is 312 g/mol. The fraction of sp³-hybridized carbons (Fsp3) is 0.176. The van der Waals surface area contributed by atoms with E-state index in [4.69, 9.17) is 5.73 Å². The predicted octanol–water partition coefficient (Wildman–Crippen LogP) is 2.47. The summed E-state index contributed by atoms with van der Waals surface area (Å²) in [5.74, 6) is -0.407. The van der Waals surface area contributed by atoms with Gasteiger partial charge < -0.3 is 10.6 Å². The van der Waals surface area contributed by atoms with Crippen molar-refractivity contribution in [1.29, 1.82) is 0 Å². The lowest BCUT2D eigenvalue weighted by Gasteiger charge is -2.20. The predicted molar refractivity (Wildman–Crippen MR) is 88.2 cm³/mol. The molecule has 1 unspecified atom stereocenters. The molecule has 0 aliphatic carbocycles. The number of benzene rings is 2. The first-order valence-corrected chi connectivity index (χ1v) is 7.86. The van der Waals surface area contributed by atoms with E-state index < -0.39 is 5.91 Å². The van der Waals surface area contributed by atoms with Crippen molar-refractivity contribution in [3.05, 3.63) is 59.7 Å². The highest BCUT2D eigenvalue weighted by atomic mass is 32.2. The third kappa shape index (κ3) is 2.72. The number of amides is 2. The number of carbonyl (C=O) groups is 2. The normalized spacial score (nSPS) is 16.1. The van der Waals surface area contributed by atoms with E-state index in [0.717, 1.165) is 12.1 Å². The van der Waals surface area contributed by atoms with Gasteiger partial charge in [0.25, 0.3) is 0 Å². The zero-order chi connectivity index (χ0) is 15.7. The molecule has 1 heterocycles. The molecule has 1 aliphatic heterocycles. The average molecular weight is 312 g/mol. The van der Waals surface area contributed by atoms with Crippen LogP contribution >= 0.6 is 11.8 Å². The van der Waals surface area contributed by atoms with Crippen molar-refractivity contribution in [2.24, 2.45) is 5.73 Å². The quantitative estimate of drug-likeness (QED) is 0.947. The Balaban J connectivity index is 1.74. The molecular formula is C17H16N2O2S. The average Bonchev–Trinajstić information content (AvgIpc) is 2.97. The molecule has 0 saturated carbocycles. The highest BCUT2D eigenvalue weighted by Crippen LogP contribution is 2.37. The number of fused-ring (bicyclic) bond motifs is 1. The molecule has 0 saturated heterocycles. The number of nitrogens with zero attached hydrogens (tertiary/aromatic N) is 1. The van der Waals surface area contributed by atoms with Gasteiger partial charge in [-0.3, -0.25) is 9.59 Å². The Morgan fingerprint density at radius 2 is 1.82 bits per heavy atom. The maximum atomic E-state index is 12.6. The van der Waals surface area contributed by atoms with E-state index >= 15 is 0 Å². The summed E-state index contributed by atoms with van der Waals surface area (Å²) in [6.07, 6.45) is 0.753. The standard InChI is InChI=1S/C17H16N2O2S/c1-19(13-8-6-11(7-9-13)16(18)20)17(21)15-10-12-4-2-3-5-14(12)22-15/h2-9,15H,10H2,1H3,(H2,18,20). The molecule has 5 heteroatoms. The van der Waals surface area contributed by atoms with E-state index in [0.29, 0.717) is 5.56 Å². The van der Waals surface area contributed by atoms with Crippen LogP contribution in [0, 0.1) is 0 Å². The second-order valence-corrected chi connectivity index (χ2v) is 6.47. The highest BCUT2D eigenvalue weighted by Gasteiger charge is 2.30. The summed E-state index contributed by atoms with van der Waals surface area (Å²) >= 11 is 1.61. The second kappa shape index (κ2) is 5.85. The SMILES string of the molecule is CN(C(=O)C1Cc2ccccc2S1)c1ccc(C(N)=O)cc1. The van der Waals surface area contributed by atoms with Gasteiger partial charge in [0.2, 0.25) is 11.8 Å². The van der Waals surface area contributed by atoms with Crippen LogP contribution in [-0.2, 0) is 11.2 Å². The Kier molecular flexibility index (Phi) is 3.90. The van der Waals surface area contributed by atoms with Gasteiger partial charge in [-0.05, 0) is 42.3 Å². The van der Waals surface area contributed by atoms with Crippen LogP contribution in [0.4, 0.5) is 5.69 Å². The zero-order valence-corrected chi connectivity index (χ0v) is 13.0. The van der Waals surface area contributed by atoms with Gasteiger partial charge in [-0.2, -0.15) is 0 Å². The van der Waals surface area contributed by atoms with Gasteiger partial charge in [0.1, 0.15) is 0 Å². The van der Waals surface area contributed by atoms with Gasteiger partial charge in [0, 0.05) is 23.2 Å². The van der Waals surface area contributed by atoms with Crippen LogP contribution in [0.3, 0.4) is 0 Å². The number of thioether (sulfide) groups is 1. The number of rotatable bonds is 3. The summed E-state index contributed by atoms with van der Waals surface area (Å²) in [5, 5.41) is -0.0989. The molecule has 0 radical (unpaired) electrons. The molecule has 0 bridgehead atoms. The van der Waals surface area contributed by atoms with Crippen LogP contribution < -0.4 is 10.6 Å². The van der Waals surface area contributed by atoms with Crippen molar-refractivity contribution in [1.82, 2.24) is 0 Å². The Labute approximate surface area is 133 Å². The lowest BCUT2D eigenvalue weighted by molar-refractivity contribution is -0.117. The van der Waals surface area contributed by atoms with Crippen LogP contribution in [0.1, 0.15) is 15.9 Å². The minimum atomic E-state index is -0.470. The highest BCUT2D eigenvalue weighted by molar-refractivity contribution is 8.01. The molecule has 1 atom stereocenters. The van der Waals surface area contributed by atoms with Crippen molar-refractivity contribution in [3.8, 4) is 0 Å². The minimum Gasteiger partial charge on any atom is -0.366 e. The summed E-state index contributed by atoms with van der Waals surface area (Å²) in [4.78, 5) is 26.5. The molecule has 22 heavy (non-hydrogen) atoms. The second-order valence-electron chi connectivity index (χ2n) is 5.23. The summed E-state index contributed by atoms with van der Waals surface area (Å²) in [6.45, 7) is 0. The number of carbonyl (C=O) groups excluding carboxylic acids is 2. The summed E-state index contributed by atoms with van der Waals surface area (Å²) in [7, 11) is 1.76. The molecule has 112 valence electrons. The third-order valence-electron chi connectivity index (χ3n) is 3.79. The topological polar surface area (TPSA) is 63.4 Å². The smallest absolute Gasteiger partial charge is 0.248 e. The lowest BCUT2D eigenvalue weighted by Crippen LogP contribution is -2.34. The van der Waals surface area contributed by atoms with Crippen LogP contribution in [-0.4, -0.2) is 24.1 Å². The van der Waals surface area contributed by atoms with Gasteiger partial charge in [0.15, 0.2) is 0 Å².